The number of nitrogens with two attached hydrogens (primary N) is 1. The minimum absolute atomic E-state index is 0.0356. The number of rotatable bonds is 4. The van der Waals surface area contributed by atoms with Gasteiger partial charge < -0.3 is 20.7 Å². The van der Waals surface area contributed by atoms with Crippen LogP contribution >= 0.6 is 0 Å². The molecule has 1 saturated heterocycles. The van der Waals surface area contributed by atoms with Gasteiger partial charge in [-0.2, -0.15) is 4.98 Å². The van der Waals surface area contributed by atoms with Gasteiger partial charge in [0.05, 0.1) is 12.5 Å². The van der Waals surface area contributed by atoms with E-state index in [9.17, 15) is 15.0 Å². The van der Waals surface area contributed by atoms with Crippen LogP contribution in [0.1, 0.15) is 6.23 Å². The fourth-order valence-electron chi connectivity index (χ4n) is 2.24. The number of hydrogen-bond donors (Lipinski definition) is 3. The van der Waals surface area contributed by atoms with Crippen LogP contribution in [0.2, 0.25) is 0 Å². The van der Waals surface area contributed by atoms with Crippen LogP contribution in [0.15, 0.2) is 34.8 Å². The Hall–Kier alpha value is -2.39. The number of nitrogens with zero attached hydrogens (tertiary/aromatic N) is 5. The van der Waals surface area contributed by atoms with Crippen molar-refractivity contribution in [3.05, 3.63) is 45.8 Å². The Balaban J connectivity index is 2.51. The van der Waals surface area contributed by atoms with Crippen molar-refractivity contribution in [2.45, 2.75) is 18.1 Å². The summed E-state index contributed by atoms with van der Waals surface area (Å²) in [5, 5.41) is 23.0. The number of aliphatic hydroxyl groups is 2. The molecular formula is C11H14N6O4. The van der Waals surface area contributed by atoms with E-state index in [2.05, 4.69) is 21.6 Å². The third-order valence-electron chi connectivity index (χ3n) is 3.32. The Labute approximate surface area is 118 Å². The highest BCUT2D eigenvalue weighted by Crippen LogP contribution is 2.42. The highest BCUT2D eigenvalue weighted by atomic mass is 16.6. The van der Waals surface area contributed by atoms with Gasteiger partial charge in [0, 0.05) is 11.1 Å². The molecule has 0 unspecified atom stereocenters. The van der Waals surface area contributed by atoms with Crippen molar-refractivity contribution in [3.63, 3.8) is 0 Å². The number of aromatic nitrogens is 2. The van der Waals surface area contributed by atoms with Crippen molar-refractivity contribution in [2.24, 2.45) is 11.0 Å². The van der Waals surface area contributed by atoms with E-state index in [0.29, 0.717) is 0 Å². The Morgan fingerprint density at radius 3 is 3.00 bits per heavy atom. The van der Waals surface area contributed by atoms with E-state index in [1.54, 1.807) is 0 Å². The van der Waals surface area contributed by atoms with Gasteiger partial charge in [0.2, 0.25) is 0 Å². The molecule has 1 aliphatic heterocycles. The van der Waals surface area contributed by atoms with Gasteiger partial charge in [-0.3, -0.25) is 4.57 Å². The van der Waals surface area contributed by atoms with Crippen molar-refractivity contribution in [2.75, 3.05) is 12.3 Å². The highest BCUT2D eigenvalue weighted by molar-refractivity contribution is 5.23. The van der Waals surface area contributed by atoms with Crippen molar-refractivity contribution >= 4 is 5.82 Å². The average molecular weight is 294 g/mol. The molecule has 0 radical (unpaired) electrons. The molecule has 21 heavy (non-hydrogen) atoms. The molecule has 0 spiro atoms. The van der Waals surface area contributed by atoms with Crippen LogP contribution < -0.4 is 11.4 Å². The average Bonchev–Trinajstić information content (AvgIpc) is 2.72. The zero-order valence-corrected chi connectivity index (χ0v) is 10.9. The molecule has 0 amide bonds. The van der Waals surface area contributed by atoms with Crippen LogP contribution in [-0.2, 0) is 4.74 Å². The van der Waals surface area contributed by atoms with Gasteiger partial charge in [0.15, 0.2) is 5.72 Å². The number of ether oxygens (including phenoxy) is 1. The summed E-state index contributed by atoms with van der Waals surface area (Å²) in [6.07, 6.45) is 0.283. The number of anilines is 1. The molecule has 0 aliphatic carbocycles. The Morgan fingerprint density at radius 2 is 2.48 bits per heavy atom. The zero-order chi connectivity index (χ0) is 15.6. The largest absolute Gasteiger partial charge is 0.393 e. The monoisotopic (exact) mass is 294 g/mol. The van der Waals surface area contributed by atoms with E-state index >= 15 is 0 Å². The van der Waals surface area contributed by atoms with E-state index in [4.69, 9.17) is 16.0 Å². The second kappa shape index (κ2) is 5.54. The van der Waals surface area contributed by atoms with Crippen molar-refractivity contribution < 1.29 is 14.9 Å². The summed E-state index contributed by atoms with van der Waals surface area (Å²) in [6, 6.07) is 1.38. The summed E-state index contributed by atoms with van der Waals surface area (Å²) in [6.45, 7) is 2.81. The number of aliphatic hydroxyl groups excluding tert-OH is 2. The molecular weight excluding hydrogens is 280 g/mol. The minimum atomic E-state index is -1.89. The lowest BCUT2D eigenvalue weighted by Crippen LogP contribution is -2.42. The summed E-state index contributed by atoms with van der Waals surface area (Å²) in [4.78, 5) is 18.0. The number of azide groups is 1. The predicted molar refractivity (Wildman–Crippen MR) is 71.7 cm³/mol. The van der Waals surface area contributed by atoms with Gasteiger partial charge in [-0.15, -0.1) is 6.58 Å². The van der Waals surface area contributed by atoms with Crippen LogP contribution in [0.5, 0.6) is 0 Å². The summed E-state index contributed by atoms with van der Waals surface area (Å²) in [7, 11) is 0. The number of hydrogen-bond acceptors (Lipinski definition) is 7. The molecule has 0 bridgehead atoms. The van der Waals surface area contributed by atoms with Crippen molar-refractivity contribution in [1.29, 1.82) is 0 Å². The molecule has 1 aliphatic rings. The van der Waals surface area contributed by atoms with Crippen LogP contribution in [0.25, 0.3) is 10.4 Å². The van der Waals surface area contributed by atoms with E-state index < -0.39 is 36.3 Å². The van der Waals surface area contributed by atoms with Crippen LogP contribution in [0, 0.1) is 5.92 Å². The first-order chi connectivity index (χ1) is 9.99. The molecule has 2 heterocycles. The fraction of sp³-hybridized carbons (Fsp3) is 0.455. The maximum atomic E-state index is 11.9. The second-order valence-electron chi connectivity index (χ2n) is 4.50. The molecule has 4 N–H and O–H groups in total. The molecule has 0 aromatic carbocycles. The lowest BCUT2D eigenvalue weighted by Gasteiger charge is -2.24. The van der Waals surface area contributed by atoms with E-state index in [1.807, 2.05) is 0 Å². The summed E-state index contributed by atoms with van der Waals surface area (Å²) >= 11 is 0. The maximum absolute atomic E-state index is 11.9. The first-order valence-corrected chi connectivity index (χ1v) is 5.99. The highest BCUT2D eigenvalue weighted by Gasteiger charge is 2.54. The van der Waals surface area contributed by atoms with Crippen LogP contribution in [-0.4, -0.2) is 38.2 Å². The standard InChI is InChI=1S/C11H14N6O4/c1-2-6-8(19)11(5-18,15-16-13)21-9(6)17-4-3-7(12)14-10(17)20/h2-4,6,8-9,18-19H,1,5H2,(H2,12,14,20)/t6-,8-,9+,11+/m0/s1. The molecule has 0 saturated carbocycles. The second-order valence-corrected chi connectivity index (χ2v) is 4.50. The van der Waals surface area contributed by atoms with Crippen LogP contribution in [0.3, 0.4) is 0 Å². The quantitative estimate of drug-likeness (QED) is 0.294. The number of nitrogen functional groups attached to an aromatic ring is 1. The topological polar surface area (TPSA) is 159 Å². The minimum Gasteiger partial charge on any atom is -0.393 e. The van der Waals surface area contributed by atoms with Crippen molar-refractivity contribution in [3.8, 4) is 0 Å². The SMILES string of the molecule is C=C[C@@H]1[C@H](n2ccc(N)nc2=O)O[C@@](CO)(N=[N+]=[N-])[C@H]1O. The molecule has 112 valence electrons. The van der Waals surface area contributed by atoms with Gasteiger partial charge >= 0.3 is 5.69 Å². The molecule has 10 nitrogen and oxygen atoms in total. The van der Waals surface area contributed by atoms with Gasteiger partial charge in [0.1, 0.15) is 18.1 Å². The van der Waals surface area contributed by atoms with Gasteiger partial charge in [0.25, 0.3) is 0 Å². The lowest BCUT2D eigenvalue weighted by molar-refractivity contribution is -0.124. The Morgan fingerprint density at radius 1 is 1.76 bits per heavy atom. The lowest BCUT2D eigenvalue weighted by atomic mass is 9.96. The van der Waals surface area contributed by atoms with Gasteiger partial charge in [-0.05, 0) is 11.6 Å². The fourth-order valence-corrected chi connectivity index (χ4v) is 2.24. The summed E-state index contributed by atoms with van der Waals surface area (Å²) in [5.74, 6) is -0.751. The maximum Gasteiger partial charge on any atom is 0.351 e. The summed E-state index contributed by atoms with van der Waals surface area (Å²) in [5.41, 5.74) is 11.4. The third-order valence-corrected chi connectivity index (χ3v) is 3.32. The first kappa shape index (κ1) is 15.0. The molecule has 1 fully saturated rings. The smallest absolute Gasteiger partial charge is 0.351 e. The van der Waals surface area contributed by atoms with E-state index in [1.165, 1.54) is 18.3 Å². The van der Waals surface area contributed by atoms with Gasteiger partial charge in [-0.25, -0.2) is 4.79 Å². The molecule has 1 aromatic heterocycles. The van der Waals surface area contributed by atoms with Gasteiger partial charge in [-0.1, -0.05) is 11.2 Å². The normalized spacial score (nSPS) is 31.6. The predicted octanol–water partition coefficient (Wildman–Crippen LogP) is -0.484. The van der Waals surface area contributed by atoms with E-state index in [-0.39, 0.29) is 5.82 Å². The molecule has 2 rings (SSSR count). The third kappa shape index (κ3) is 2.36. The molecule has 1 aromatic rings. The van der Waals surface area contributed by atoms with Crippen molar-refractivity contribution in [1.82, 2.24) is 9.55 Å². The molecule has 10 heteroatoms. The Kier molecular flexibility index (Phi) is 3.96. The first-order valence-electron chi connectivity index (χ1n) is 5.99. The Bertz CT molecular complexity index is 654. The summed E-state index contributed by atoms with van der Waals surface area (Å²) < 4.78 is 6.53. The van der Waals surface area contributed by atoms with E-state index in [0.717, 1.165) is 4.57 Å². The molecule has 4 atom stereocenters. The zero-order valence-electron chi connectivity index (χ0n) is 10.9. The van der Waals surface area contributed by atoms with Crippen LogP contribution in [0.4, 0.5) is 5.82 Å².